The molecule has 0 spiro atoms. The summed E-state index contributed by atoms with van der Waals surface area (Å²) in [6, 6.07) is 10.2. The number of phosphoric ester groups is 1. The van der Waals surface area contributed by atoms with E-state index in [2.05, 4.69) is 16.7 Å². The van der Waals surface area contributed by atoms with Crippen LogP contribution in [0.2, 0.25) is 0 Å². The molecule has 4 N–H and O–H groups in total. The number of halogens is 1. The number of thiophene rings is 1. The Morgan fingerprint density at radius 2 is 1.75 bits per heavy atom. The molecule has 0 fully saturated rings. The lowest BCUT2D eigenvalue weighted by Crippen LogP contribution is -2.41. The first-order valence-electron chi connectivity index (χ1n) is 9.08. The number of nitrogens with two attached hydrogens (primary N) is 1. The number of hydrogen-bond acceptors (Lipinski definition) is 5. The van der Waals surface area contributed by atoms with E-state index >= 15 is 0 Å². The average molecular weight is 431 g/mol. The molecule has 0 aliphatic heterocycles. The highest BCUT2D eigenvalue weighted by Gasteiger charge is 2.24. The maximum atomic E-state index is 12.8. The zero-order chi connectivity index (χ0) is 20.6. The summed E-state index contributed by atoms with van der Waals surface area (Å²) in [6.07, 6.45) is 4.16. The summed E-state index contributed by atoms with van der Waals surface area (Å²) in [4.78, 5) is 20.0. The Morgan fingerprint density at radius 1 is 1.11 bits per heavy atom. The second-order valence-electron chi connectivity index (χ2n) is 7.05. The van der Waals surface area contributed by atoms with Gasteiger partial charge in [-0.05, 0) is 75.4 Å². The molecule has 9 heteroatoms. The van der Waals surface area contributed by atoms with Gasteiger partial charge >= 0.3 is 7.82 Å². The summed E-state index contributed by atoms with van der Waals surface area (Å²) in [7, 11) is -4.50. The molecular formula is C19H27FNO5PS. The molecule has 1 aromatic heterocycles. The highest BCUT2D eigenvalue weighted by molar-refractivity contribution is 7.46. The second-order valence-corrected chi connectivity index (χ2v) is 9.54. The van der Waals surface area contributed by atoms with Gasteiger partial charge in [0.2, 0.25) is 0 Å². The smallest absolute Gasteiger partial charge is 0.469 e. The lowest BCUT2D eigenvalue weighted by Gasteiger charge is -2.24. The van der Waals surface area contributed by atoms with Crippen molar-refractivity contribution < 1.29 is 28.0 Å². The quantitative estimate of drug-likeness (QED) is 0.346. The van der Waals surface area contributed by atoms with Crippen molar-refractivity contribution >= 4 is 19.2 Å². The monoisotopic (exact) mass is 431 g/mol. The number of ether oxygens (including phenoxy) is 1. The number of hydrogen-bond donors (Lipinski definition) is 3. The Kier molecular flexibility index (Phi) is 8.61. The molecule has 1 atom stereocenters. The summed E-state index contributed by atoms with van der Waals surface area (Å²) in [6.45, 7) is 2.12. The summed E-state index contributed by atoms with van der Waals surface area (Å²) in [5, 5.41) is 0. The number of unbranched alkanes of at least 4 members (excludes halogenated alkanes) is 1. The molecule has 0 saturated heterocycles. The highest BCUT2D eigenvalue weighted by atomic mass is 32.1. The van der Waals surface area contributed by atoms with Crippen LogP contribution in [0, 0.1) is 5.82 Å². The van der Waals surface area contributed by atoms with Gasteiger partial charge in [-0.2, -0.15) is 0 Å². The van der Waals surface area contributed by atoms with Crippen molar-refractivity contribution in [2.75, 3.05) is 13.2 Å². The fraction of sp³-hybridized carbons (Fsp3) is 0.474. The van der Waals surface area contributed by atoms with Gasteiger partial charge in [-0.1, -0.05) is 0 Å². The minimum atomic E-state index is -4.50. The van der Waals surface area contributed by atoms with Crippen LogP contribution in [0.4, 0.5) is 4.39 Å². The van der Waals surface area contributed by atoms with Crippen LogP contribution in [0.5, 0.6) is 5.75 Å². The Bertz CT molecular complexity index is 775. The molecule has 1 heterocycles. The van der Waals surface area contributed by atoms with Gasteiger partial charge in [-0.3, -0.25) is 4.52 Å². The number of phosphoric acid groups is 1. The predicted molar refractivity (Wildman–Crippen MR) is 108 cm³/mol. The molecule has 0 amide bonds. The fourth-order valence-electron chi connectivity index (χ4n) is 2.53. The van der Waals surface area contributed by atoms with Crippen LogP contribution in [0.3, 0.4) is 0 Å². The van der Waals surface area contributed by atoms with Crippen molar-refractivity contribution in [3.63, 3.8) is 0 Å². The molecule has 0 aliphatic rings. The third kappa shape index (κ3) is 9.28. The third-order valence-electron chi connectivity index (χ3n) is 4.12. The minimum Gasteiger partial charge on any atom is -0.494 e. The number of rotatable bonds is 12. The van der Waals surface area contributed by atoms with Gasteiger partial charge < -0.3 is 20.3 Å². The van der Waals surface area contributed by atoms with E-state index < -0.39 is 13.4 Å². The first-order chi connectivity index (χ1) is 13.1. The van der Waals surface area contributed by atoms with Crippen molar-refractivity contribution in [3.05, 3.63) is 52.0 Å². The highest BCUT2D eigenvalue weighted by Crippen LogP contribution is 2.37. The molecule has 0 radical (unpaired) electrons. The molecule has 0 aliphatic carbocycles. The molecule has 1 unspecified atom stereocenters. The van der Waals surface area contributed by atoms with Crippen LogP contribution >= 0.6 is 19.2 Å². The Hall–Kier alpha value is -1.28. The van der Waals surface area contributed by atoms with Gasteiger partial charge in [-0.25, -0.2) is 8.96 Å². The maximum Gasteiger partial charge on any atom is 0.469 e. The van der Waals surface area contributed by atoms with Gasteiger partial charge in [0.15, 0.2) is 0 Å². The van der Waals surface area contributed by atoms with Crippen LogP contribution in [0.1, 0.15) is 35.9 Å². The maximum absolute atomic E-state index is 12.8. The van der Waals surface area contributed by atoms with Crippen molar-refractivity contribution in [2.45, 2.75) is 44.6 Å². The van der Waals surface area contributed by atoms with E-state index in [1.165, 1.54) is 21.9 Å². The molecule has 2 aromatic rings. The predicted octanol–water partition coefficient (Wildman–Crippen LogP) is 4.05. The van der Waals surface area contributed by atoms with E-state index in [0.29, 0.717) is 18.8 Å². The van der Waals surface area contributed by atoms with Crippen molar-refractivity contribution in [1.82, 2.24) is 0 Å². The molecule has 6 nitrogen and oxygen atoms in total. The first kappa shape index (κ1) is 23.0. The Labute approximate surface area is 168 Å². The van der Waals surface area contributed by atoms with Crippen LogP contribution in [-0.4, -0.2) is 28.5 Å². The molecule has 28 heavy (non-hydrogen) atoms. The normalized spacial score (nSPS) is 14.0. The van der Waals surface area contributed by atoms with Crippen LogP contribution in [-0.2, 0) is 21.9 Å². The lowest BCUT2D eigenvalue weighted by atomic mass is 9.98. The van der Waals surface area contributed by atoms with E-state index in [9.17, 15) is 8.96 Å². The first-order valence-corrected chi connectivity index (χ1v) is 11.4. The standard InChI is InChI=1S/C19H27FNO5PS/c1-19(21,14-26-27(22,23)24)12-11-18-10-9-17(28-18)4-2-3-13-25-16-7-5-15(20)6-8-16/h5-10H,2-4,11-14,21H2,1H3,(H2,22,23,24). The molecule has 1 aromatic carbocycles. The average Bonchev–Trinajstić information content (AvgIpc) is 3.07. The summed E-state index contributed by atoms with van der Waals surface area (Å²) < 4.78 is 33.7. The Morgan fingerprint density at radius 3 is 2.39 bits per heavy atom. The molecular weight excluding hydrogens is 404 g/mol. The van der Waals surface area contributed by atoms with E-state index in [4.69, 9.17) is 20.3 Å². The van der Waals surface area contributed by atoms with Gasteiger partial charge in [0, 0.05) is 15.3 Å². The third-order valence-corrected chi connectivity index (χ3v) is 5.79. The number of benzene rings is 1. The fourth-order valence-corrected chi connectivity index (χ4v) is 4.05. The van der Waals surface area contributed by atoms with E-state index in [1.54, 1.807) is 30.4 Å². The molecule has 156 valence electrons. The molecule has 0 saturated carbocycles. The van der Waals surface area contributed by atoms with Gasteiger partial charge in [0.1, 0.15) is 11.6 Å². The molecule has 0 bridgehead atoms. The zero-order valence-corrected chi connectivity index (χ0v) is 17.6. The van der Waals surface area contributed by atoms with Gasteiger partial charge in [-0.15, -0.1) is 11.3 Å². The largest absolute Gasteiger partial charge is 0.494 e. The van der Waals surface area contributed by atoms with Crippen LogP contribution in [0.15, 0.2) is 36.4 Å². The summed E-state index contributed by atoms with van der Waals surface area (Å²) in [5.41, 5.74) is 5.25. The van der Waals surface area contributed by atoms with Crippen LogP contribution in [0.25, 0.3) is 0 Å². The summed E-state index contributed by atoms with van der Waals surface area (Å²) in [5.74, 6) is 0.400. The van der Waals surface area contributed by atoms with E-state index in [-0.39, 0.29) is 12.4 Å². The van der Waals surface area contributed by atoms with Crippen molar-refractivity contribution in [1.29, 1.82) is 0 Å². The zero-order valence-electron chi connectivity index (χ0n) is 15.8. The summed E-state index contributed by atoms with van der Waals surface area (Å²) >= 11 is 1.72. The molecule has 2 rings (SSSR count). The van der Waals surface area contributed by atoms with Crippen molar-refractivity contribution in [3.8, 4) is 5.75 Å². The van der Waals surface area contributed by atoms with E-state index in [0.717, 1.165) is 25.7 Å². The van der Waals surface area contributed by atoms with E-state index in [1.807, 2.05) is 0 Å². The second kappa shape index (κ2) is 10.5. The van der Waals surface area contributed by atoms with Crippen LogP contribution < -0.4 is 10.5 Å². The Balaban J connectivity index is 1.65. The SMILES string of the molecule is CC(N)(CCc1ccc(CCCCOc2ccc(F)cc2)s1)COP(=O)(O)O. The topological polar surface area (TPSA) is 102 Å². The lowest BCUT2D eigenvalue weighted by molar-refractivity contribution is 0.154. The van der Waals surface area contributed by atoms with Gasteiger partial charge in [0.05, 0.1) is 13.2 Å². The number of aryl methyl sites for hydroxylation is 2. The van der Waals surface area contributed by atoms with Crippen molar-refractivity contribution in [2.24, 2.45) is 5.73 Å². The van der Waals surface area contributed by atoms with Gasteiger partial charge in [0.25, 0.3) is 0 Å². The minimum absolute atomic E-state index is 0.191.